The smallest absolute Gasteiger partial charge is 0.303 e. The molecule has 0 aliphatic rings. The fraction of sp³-hybridized carbons (Fsp3) is 0.900. The standard InChI is InChI=1S/C10H20O4/c11-7-3-5-9(8-12)4-1-2-6-10(13)14/h9,11-12H,1-8H2,(H,13,14). The van der Waals surface area contributed by atoms with E-state index in [4.69, 9.17) is 15.3 Å². The summed E-state index contributed by atoms with van der Waals surface area (Å²) in [5.74, 6) is -0.545. The minimum atomic E-state index is -0.763. The zero-order valence-corrected chi connectivity index (χ0v) is 8.48. The van der Waals surface area contributed by atoms with E-state index >= 15 is 0 Å². The molecule has 4 heteroatoms. The van der Waals surface area contributed by atoms with Crippen molar-refractivity contribution in [3.8, 4) is 0 Å². The molecule has 0 saturated heterocycles. The van der Waals surface area contributed by atoms with Crippen LogP contribution in [0.15, 0.2) is 0 Å². The number of aliphatic hydroxyl groups is 2. The van der Waals surface area contributed by atoms with Gasteiger partial charge in [-0.15, -0.1) is 0 Å². The number of aliphatic hydroxyl groups excluding tert-OH is 2. The van der Waals surface area contributed by atoms with Gasteiger partial charge >= 0.3 is 5.97 Å². The molecule has 3 N–H and O–H groups in total. The predicted molar refractivity (Wildman–Crippen MR) is 53.0 cm³/mol. The van der Waals surface area contributed by atoms with Gasteiger partial charge in [-0.1, -0.05) is 6.42 Å². The molecule has 84 valence electrons. The van der Waals surface area contributed by atoms with Crippen LogP contribution in [-0.4, -0.2) is 34.5 Å². The van der Waals surface area contributed by atoms with Crippen molar-refractivity contribution >= 4 is 5.97 Å². The van der Waals surface area contributed by atoms with Gasteiger partial charge in [0.25, 0.3) is 0 Å². The summed E-state index contributed by atoms with van der Waals surface area (Å²) in [6.07, 6.45) is 4.10. The average molecular weight is 204 g/mol. The van der Waals surface area contributed by atoms with E-state index in [9.17, 15) is 4.79 Å². The minimum Gasteiger partial charge on any atom is -0.481 e. The Morgan fingerprint density at radius 3 is 2.21 bits per heavy atom. The normalized spacial score (nSPS) is 12.7. The van der Waals surface area contributed by atoms with Crippen molar-refractivity contribution in [3.05, 3.63) is 0 Å². The highest BCUT2D eigenvalue weighted by Gasteiger charge is 2.07. The van der Waals surface area contributed by atoms with Gasteiger partial charge in [0.05, 0.1) is 0 Å². The molecule has 0 bridgehead atoms. The lowest BCUT2D eigenvalue weighted by atomic mass is 9.97. The monoisotopic (exact) mass is 204 g/mol. The molecule has 1 atom stereocenters. The molecule has 0 rings (SSSR count). The maximum Gasteiger partial charge on any atom is 0.303 e. The van der Waals surface area contributed by atoms with Crippen LogP contribution in [0.1, 0.15) is 38.5 Å². The highest BCUT2D eigenvalue weighted by molar-refractivity contribution is 5.66. The Kier molecular flexibility index (Phi) is 8.57. The van der Waals surface area contributed by atoms with Crippen molar-refractivity contribution in [2.75, 3.05) is 13.2 Å². The van der Waals surface area contributed by atoms with E-state index < -0.39 is 5.97 Å². The molecular weight excluding hydrogens is 184 g/mol. The second-order valence-corrected chi connectivity index (χ2v) is 3.55. The van der Waals surface area contributed by atoms with Crippen molar-refractivity contribution in [2.24, 2.45) is 5.92 Å². The molecule has 0 heterocycles. The third-order valence-corrected chi connectivity index (χ3v) is 2.28. The SMILES string of the molecule is O=C(O)CCCCC(CO)CCCO. The number of carbonyl (C=O) groups is 1. The summed E-state index contributed by atoms with van der Waals surface area (Å²) >= 11 is 0. The summed E-state index contributed by atoms with van der Waals surface area (Å²) < 4.78 is 0. The first kappa shape index (κ1) is 13.4. The van der Waals surface area contributed by atoms with E-state index in [0.717, 1.165) is 19.3 Å². The van der Waals surface area contributed by atoms with Gasteiger partial charge in [-0.05, 0) is 31.6 Å². The first-order chi connectivity index (χ1) is 6.70. The van der Waals surface area contributed by atoms with Crippen LogP contribution in [0.2, 0.25) is 0 Å². The lowest BCUT2D eigenvalue weighted by molar-refractivity contribution is -0.137. The second kappa shape index (κ2) is 8.97. The number of rotatable bonds is 9. The number of carboxylic acid groups (broad SMARTS) is 1. The Bertz CT molecular complexity index is 147. The molecular formula is C10H20O4. The molecule has 0 aromatic carbocycles. The summed E-state index contributed by atoms with van der Waals surface area (Å²) in [7, 11) is 0. The summed E-state index contributed by atoms with van der Waals surface area (Å²) in [4.78, 5) is 10.2. The zero-order valence-electron chi connectivity index (χ0n) is 8.48. The van der Waals surface area contributed by atoms with Crippen molar-refractivity contribution in [1.82, 2.24) is 0 Å². The average Bonchev–Trinajstić information content (AvgIpc) is 2.16. The first-order valence-corrected chi connectivity index (χ1v) is 5.14. The van der Waals surface area contributed by atoms with Gasteiger partial charge in [-0.3, -0.25) is 4.79 Å². The Morgan fingerprint density at radius 2 is 1.71 bits per heavy atom. The Labute approximate surface area is 84.6 Å². The molecule has 4 nitrogen and oxygen atoms in total. The second-order valence-electron chi connectivity index (χ2n) is 3.55. The Balaban J connectivity index is 3.37. The van der Waals surface area contributed by atoms with Crippen LogP contribution in [0.3, 0.4) is 0 Å². The summed E-state index contributed by atoms with van der Waals surface area (Å²) in [5.41, 5.74) is 0. The van der Waals surface area contributed by atoms with Crippen LogP contribution in [0.5, 0.6) is 0 Å². The van der Waals surface area contributed by atoms with Gasteiger partial charge in [-0.25, -0.2) is 0 Å². The number of unbranched alkanes of at least 4 members (excludes halogenated alkanes) is 1. The Hall–Kier alpha value is -0.610. The molecule has 0 saturated carbocycles. The molecule has 0 aromatic rings. The maximum absolute atomic E-state index is 10.2. The predicted octanol–water partition coefficient (Wildman–Crippen LogP) is 1.01. The largest absolute Gasteiger partial charge is 0.481 e. The number of carboxylic acids is 1. The summed E-state index contributed by atoms with van der Waals surface area (Å²) in [6, 6.07) is 0. The number of hydrogen-bond acceptors (Lipinski definition) is 3. The van der Waals surface area contributed by atoms with Gasteiger partial charge in [-0.2, -0.15) is 0 Å². The molecule has 14 heavy (non-hydrogen) atoms. The lowest BCUT2D eigenvalue weighted by Gasteiger charge is -2.12. The van der Waals surface area contributed by atoms with Crippen LogP contribution in [0.25, 0.3) is 0 Å². The fourth-order valence-electron chi connectivity index (χ4n) is 1.42. The van der Waals surface area contributed by atoms with Crippen LogP contribution in [0.4, 0.5) is 0 Å². The van der Waals surface area contributed by atoms with Crippen LogP contribution in [-0.2, 0) is 4.79 Å². The topological polar surface area (TPSA) is 77.8 Å². The van der Waals surface area contributed by atoms with E-state index in [1.165, 1.54) is 0 Å². The van der Waals surface area contributed by atoms with Crippen molar-refractivity contribution in [1.29, 1.82) is 0 Å². The minimum absolute atomic E-state index is 0.132. The molecule has 0 aliphatic carbocycles. The summed E-state index contributed by atoms with van der Waals surface area (Å²) in [6.45, 7) is 0.290. The van der Waals surface area contributed by atoms with Gasteiger partial charge in [0.1, 0.15) is 0 Å². The summed E-state index contributed by atoms with van der Waals surface area (Å²) in [5, 5.41) is 26.0. The maximum atomic E-state index is 10.2. The van der Waals surface area contributed by atoms with Crippen LogP contribution < -0.4 is 0 Å². The molecule has 0 aromatic heterocycles. The van der Waals surface area contributed by atoms with E-state index in [1.54, 1.807) is 0 Å². The molecule has 0 spiro atoms. The third kappa shape index (κ3) is 8.01. The van der Waals surface area contributed by atoms with E-state index in [0.29, 0.717) is 12.8 Å². The van der Waals surface area contributed by atoms with E-state index in [-0.39, 0.29) is 25.6 Å². The van der Waals surface area contributed by atoms with E-state index in [1.807, 2.05) is 0 Å². The van der Waals surface area contributed by atoms with Crippen molar-refractivity contribution in [2.45, 2.75) is 38.5 Å². The third-order valence-electron chi connectivity index (χ3n) is 2.28. The van der Waals surface area contributed by atoms with Gasteiger partial charge < -0.3 is 15.3 Å². The number of hydrogen-bond donors (Lipinski definition) is 3. The van der Waals surface area contributed by atoms with Crippen molar-refractivity contribution in [3.63, 3.8) is 0 Å². The lowest BCUT2D eigenvalue weighted by Crippen LogP contribution is -2.07. The van der Waals surface area contributed by atoms with Crippen molar-refractivity contribution < 1.29 is 20.1 Å². The van der Waals surface area contributed by atoms with Gasteiger partial charge in [0, 0.05) is 19.6 Å². The first-order valence-electron chi connectivity index (χ1n) is 5.14. The zero-order chi connectivity index (χ0) is 10.8. The molecule has 0 aliphatic heterocycles. The van der Waals surface area contributed by atoms with Crippen LogP contribution >= 0.6 is 0 Å². The molecule has 0 amide bonds. The highest BCUT2D eigenvalue weighted by Crippen LogP contribution is 2.14. The molecule has 0 fully saturated rings. The van der Waals surface area contributed by atoms with Crippen LogP contribution in [0, 0.1) is 5.92 Å². The number of aliphatic carboxylic acids is 1. The van der Waals surface area contributed by atoms with Gasteiger partial charge in [0.15, 0.2) is 0 Å². The highest BCUT2D eigenvalue weighted by atomic mass is 16.4. The van der Waals surface area contributed by atoms with Gasteiger partial charge in [0.2, 0.25) is 0 Å². The Morgan fingerprint density at radius 1 is 1.07 bits per heavy atom. The molecule has 0 radical (unpaired) electrons. The van der Waals surface area contributed by atoms with E-state index in [2.05, 4.69) is 0 Å². The quantitative estimate of drug-likeness (QED) is 0.490. The molecule has 1 unspecified atom stereocenters. The fourth-order valence-corrected chi connectivity index (χ4v) is 1.42.